The van der Waals surface area contributed by atoms with Gasteiger partial charge in [0, 0.05) is 26.6 Å². The third-order valence-corrected chi connectivity index (χ3v) is 1.50. The van der Waals surface area contributed by atoms with E-state index in [4.69, 9.17) is 5.73 Å². The summed E-state index contributed by atoms with van der Waals surface area (Å²) in [6.07, 6.45) is 0.916. The molecule has 0 aromatic rings. The molecule has 0 radical (unpaired) electrons. The van der Waals surface area contributed by atoms with Crippen LogP contribution in [0, 0.1) is 0 Å². The van der Waals surface area contributed by atoms with Gasteiger partial charge in [0.25, 0.3) is 0 Å². The summed E-state index contributed by atoms with van der Waals surface area (Å²) in [4.78, 5) is 12.5. The zero-order valence-electron chi connectivity index (χ0n) is 6.34. The van der Waals surface area contributed by atoms with Gasteiger partial charge in [-0.25, -0.2) is 0 Å². The fourth-order valence-corrected chi connectivity index (χ4v) is 1.05. The van der Waals surface area contributed by atoms with Gasteiger partial charge < -0.3 is 10.6 Å². The Kier molecular flexibility index (Phi) is 5.55. The Morgan fingerprint density at radius 3 is 2.50 bits per heavy atom. The monoisotopic (exact) mass is 162 g/mol. The number of nitrogens with zero attached hydrogens (tertiary/aromatic N) is 1. The molecule has 0 spiro atoms. The highest BCUT2D eigenvalue weighted by atomic mass is 31.0. The van der Waals surface area contributed by atoms with Crippen LogP contribution >= 0.6 is 9.24 Å². The molecule has 10 heavy (non-hydrogen) atoms. The quantitative estimate of drug-likeness (QED) is 0.575. The summed E-state index contributed by atoms with van der Waals surface area (Å²) in [7, 11) is 2.58. The van der Waals surface area contributed by atoms with E-state index in [1.54, 1.807) is 11.8 Å². The summed E-state index contributed by atoms with van der Waals surface area (Å²) in [6, 6.07) is 0. The van der Waals surface area contributed by atoms with E-state index in [9.17, 15) is 4.79 Å². The van der Waals surface area contributed by atoms with Gasteiger partial charge >= 0.3 is 0 Å². The number of carbonyl (C=O) groups is 1. The average molecular weight is 162 g/mol. The van der Waals surface area contributed by atoms with Crippen LogP contribution in [0.4, 0.5) is 0 Å². The van der Waals surface area contributed by atoms with Crippen LogP contribution in [0.15, 0.2) is 0 Å². The molecule has 0 aliphatic rings. The Labute approximate surface area is 64.2 Å². The molecular formula is C6H15N2OP. The molecular weight excluding hydrogens is 147 g/mol. The van der Waals surface area contributed by atoms with Gasteiger partial charge in [0.2, 0.25) is 5.91 Å². The Bertz CT molecular complexity index is 102. The molecule has 0 rings (SSSR count). The minimum atomic E-state index is 0.105. The second-order valence-corrected chi connectivity index (χ2v) is 2.66. The summed E-state index contributed by atoms with van der Waals surface area (Å²) in [6.45, 7) is 3.57. The number of amides is 1. The maximum Gasteiger partial charge on any atom is 0.219 e. The van der Waals surface area contributed by atoms with E-state index in [1.807, 2.05) is 0 Å². The van der Waals surface area contributed by atoms with Crippen LogP contribution < -0.4 is 5.73 Å². The molecule has 60 valence electrons. The Balaban J connectivity index is 3.61. The first-order valence-electron chi connectivity index (χ1n) is 3.38. The molecule has 2 N–H and O–H groups in total. The summed E-state index contributed by atoms with van der Waals surface area (Å²) in [5, 5.41) is 0. The predicted octanol–water partition coefficient (Wildman–Crippen LogP) is -0.331. The van der Waals surface area contributed by atoms with Crippen molar-refractivity contribution in [2.45, 2.75) is 6.92 Å². The van der Waals surface area contributed by atoms with Gasteiger partial charge in [0.05, 0.1) is 0 Å². The standard InChI is InChI=1S/C6H15N2OP/c1-6(9)8(3-2-7)4-5-10/h2-5,7,10H2,1H3. The summed E-state index contributed by atoms with van der Waals surface area (Å²) in [5.74, 6) is 0.105. The molecule has 0 aliphatic heterocycles. The molecule has 0 aliphatic carbocycles. The minimum absolute atomic E-state index is 0.105. The Morgan fingerprint density at radius 1 is 1.60 bits per heavy atom. The second-order valence-electron chi connectivity index (χ2n) is 2.08. The van der Waals surface area contributed by atoms with Gasteiger partial charge in [-0.15, -0.1) is 9.24 Å². The maximum atomic E-state index is 10.8. The zero-order valence-corrected chi connectivity index (χ0v) is 7.49. The molecule has 4 heteroatoms. The van der Waals surface area contributed by atoms with Crippen LogP contribution in [0.3, 0.4) is 0 Å². The van der Waals surface area contributed by atoms with Crippen molar-refractivity contribution in [3.8, 4) is 0 Å². The number of carbonyl (C=O) groups excluding carboxylic acids is 1. The van der Waals surface area contributed by atoms with Crippen molar-refractivity contribution >= 4 is 15.1 Å². The second kappa shape index (κ2) is 5.63. The van der Waals surface area contributed by atoms with Crippen molar-refractivity contribution in [2.24, 2.45) is 5.73 Å². The first kappa shape index (κ1) is 9.86. The van der Waals surface area contributed by atoms with Crippen molar-refractivity contribution in [3.05, 3.63) is 0 Å². The van der Waals surface area contributed by atoms with Crippen molar-refractivity contribution < 1.29 is 4.79 Å². The molecule has 0 aromatic heterocycles. The SMILES string of the molecule is CC(=O)N(CCN)CCP. The molecule has 0 saturated carbocycles. The van der Waals surface area contributed by atoms with Gasteiger partial charge in [-0.3, -0.25) is 4.79 Å². The van der Waals surface area contributed by atoms with Crippen molar-refractivity contribution in [1.82, 2.24) is 4.90 Å². The smallest absolute Gasteiger partial charge is 0.219 e. The average Bonchev–Trinajstić information content (AvgIpc) is 1.87. The molecule has 0 heterocycles. The number of hydrogen-bond donors (Lipinski definition) is 1. The highest BCUT2D eigenvalue weighted by Gasteiger charge is 2.03. The lowest BCUT2D eigenvalue weighted by Gasteiger charge is -2.18. The third kappa shape index (κ3) is 3.80. The molecule has 0 bridgehead atoms. The van der Waals surface area contributed by atoms with E-state index < -0.39 is 0 Å². The van der Waals surface area contributed by atoms with Crippen LogP contribution in [-0.2, 0) is 4.79 Å². The summed E-state index contributed by atoms with van der Waals surface area (Å²) < 4.78 is 0. The molecule has 1 unspecified atom stereocenters. The number of rotatable bonds is 4. The maximum absolute atomic E-state index is 10.8. The van der Waals surface area contributed by atoms with Crippen LogP contribution in [0.25, 0.3) is 0 Å². The van der Waals surface area contributed by atoms with Crippen molar-refractivity contribution in [3.63, 3.8) is 0 Å². The van der Waals surface area contributed by atoms with Crippen LogP contribution in [0.5, 0.6) is 0 Å². The lowest BCUT2D eigenvalue weighted by atomic mass is 10.4. The summed E-state index contributed by atoms with van der Waals surface area (Å²) >= 11 is 0. The van der Waals surface area contributed by atoms with Gasteiger partial charge in [0.15, 0.2) is 0 Å². The van der Waals surface area contributed by atoms with Crippen LogP contribution in [0.1, 0.15) is 6.92 Å². The van der Waals surface area contributed by atoms with E-state index in [-0.39, 0.29) is 5.91 Å². The highest BCUT2D eigenvalue weighted by molar-refractivity contribution is 7.16. The van der Waals surface area contributed by atoms with Gasteiger partial charge in [-0.2, -0.15) is 0 Å². The molecule has 0 fully saturated rings. The fraction of sp³-hybridized carbons (Fsp3) is 0.833. The summed E-state index contributed by atoms with van der Waals surface area (Å²) in [5.41, 5.74) is 5.30. The lowest BCUT2D eigenvalue weighted by Crippen LogP contribution is -2.34. The largest absolute Gasteiger partial charge is 0.341 e. The first-order valence-corrected chi connectivity index (χ1v) is 4.19. The van der Waals surface area contributed by atoms with E-state index >= 15 is 0 Å². The van der Waals surface area contributed by atoms with E-state index in [0.717, 1.165) is 12.7 Å². The number of hydrogen-bond acceptors (Lipinski definition) is 2. The van der Waals surface area contributed by atoms with Gasteiger partial charge in [-0.05, 0) is 6.16 Å². The minimum Gasteiger partial charge on any atom is -0.341 e. The van der Waals surface area contributed by atoms with Gasteiger partial charge in [-0.1, -0.05) is 0 Å². The number of nitrogens with two attached hydrogens (primary N) is 1. The van der Waals surface area contributed by atoms with Crippen LogP contribution in [0.2, 0.25) is 0 Å². The van der Waals surface area contributed by atoms with Crippen molar-refractivity contribution in [2.75, 3.05) is 25.8 Å². The van der Waals surface area contributed by atoms with Gasteiger partial charge in [0.1, 0.15) is 0 Å². The Morgan fingerprint density at radius 2 is 2.20 bits per heavy atom. The molecule has 3 nitrogen and oxygen atoms in total. The first-order chi connectivity index (χ1) is 4.72. The fourth-order valence-electron chi connectivity index (χ4n) is 0.738. The lowest BCUT2D eigenvalue weighted by molar-refractivity contribution is -0.128. The van der Waals surface area contributed by atoms with E-state index in [0.29, 0.717) is 13.1 Å². The zero-order chi connectivity index (χ0) is 7.98. The van der Waals surface area contributed by atoms with E-state index in [2.05, 4.69) is 9.24 Å². The van der Waals surface area contributed by atoms with Crippen LogP contribution in [-0.4, -0.2) is 36.6 Å². The van der Waals surface area contributed by atoms with E-state index in [1.165, 1.54) is 0 Å². The topological polar surface area (TPSA) is 46.3 Å². The molecule has 0 aromatic carbocycles. The molecule has 1 atom stereocenters. The van der Waals surface area contributed by atoms with Crippen molar-refractivity contribution in [1.29, 1.82) is 0 Å². The highest BCUT2D eigenvalue weighted by Crippen LogP contribution is 1.90. The molecule has 1 amide bonds. The normalized spacial score (nSPS) is 9.50. The predicted molar refractivity (Wildman–Crippen MR) is 45.9 cm³/mol. The Hall–Kier alpha value is -0.140. The molecule has 0 saturated heterocycles. The third-order valence-electron chi connectivity index (χ3n) is 1.24.